The zero-order valence-corrected chi connectivity index (χ0v) is 10.7. The molecule has 7 heteroatoms. The largest absolute Gasteiger partial charge is 0.368 e. The summed E-state index contributed by atoms with van der Waals surface area (Å²) in [7, 11) is 0. The van der Waals surface area contributed by atoms with E-state index in [-0.39, 0.29) is 24.4 Å². The highest BCUT2D eigenvalue weighted by Crippen LogP contribution is 2.24. The summed E-state index contributed by atoms with van der Waals surface area (Å²) in [6, 6.07) is 0.224. The quantitative estimate of drug-likeness (QED) is 0.700. The van der Waals surface area contributed by atoms with E-state index >= 15 is 0 Å². The standard InChI is InChI=1S/C12H19N5O2/c13-9-3-1-8(2-4-9)12(19)16-10-5-15-17(6-10)7-11(14)18/h5-6,8-9H,1-4,7,13H2,(H2,14,18)(H,16,19). The molecule has 1 aromatic heterocycles. The van der Waals surface area contributed by atoms with Crippen molar-refractivity contribution in [3.8, 4) is 0 Å². The number of anilines is 1. The van der Waals surface area contributed by atoms with Crippen molar-refractivity contribution in [2.45, 2.75) is 38.3 Å². The Balaban J connectivity index is 1.88. The number of nitrogens with one attached hydrogen (secondary N) is 1. The molecule has 0 aromatic carbocycles. The first-order chi connectivity index (χ1) is 9.04. The lowest BCUT2D eigenvalue weighted by atomic mass is 9.86. The maximum atomic E-state index is 12.0. The third-order valence-electron chi connectivity index (χ3n) is 3.36. The van der Waals surface area contributed by atoms with Crippen molar-refractivity contribution in [2.24, 2.45) is 17.4 Å². The summed E-state index contributed by atoms with van der Waals surface area (Å²) in [5.74, 6) is -0.466. The molecule has 1 heterocycles. The lowest BCUT2D eigenvalue weighted by Gasteiger charge is -2.24. The average molecular weight is 265 g/mol. The number of rotatable bonds is 4. The molecule has 1 fully saturated rings. The van der Waals surface area contributed by atoms with Crippen LogP contribution in [0.2, 0.25) is 0 Å². The van der Waals surface area contributed by atoms with Crippen LogP contribution in [0.15, 0.2) is 12.4 Å². The van der Waals surface area contributed by atoms with Crippen LogP contribution in [-0.4, -0.2) is 27.6 Å². The van der Waals surface area contributed by atoms with E-state index in [0.29, 0.717) is 5.69 Å². The maximum absolute atomic E-state index is 12.0. The Kier molecular flexibility index (Phi) is 4.16. The molecule has 2 rings (SSSR count). The number of carbonyl (C=O) groups is 2. The fraction of sp³-hybridized carbons (Fsp3) is 0.583. The lowest BCUT2D eigenvalue weighted by Crippen LogP contribution is -2.32. The first-order valence-corrected chi connectivity index (χ1v) is 6.42. The van der Waals surface area contributed by atoms with E-state index in [9.17, 15) is 9.59 Å². The molecule has 2 amide bonds. The molecular formula is C12H19N5O2. The Labute approximate surface area is 111 Å². The van der Waals surface area contributed by atoms with E-state index in [0.717, 1.165) is 25.7 Å². The fourth-order valence-electron chi connectivity index (χ4n) is 2.30. The molecule has 0 radical (unpaired) electrons. The zero-order valence-electron chi connectivity index (χ0n) is 10.7. The smallest absolute Gasteiger partial charge is 0.239 e. The molecule has 0 atom stereocenters. The maximum Gasteiger partial charge on any atom is 0.239 e. The number of carbonyl (C=O) groups excluding carboxylic acids is 2. The first kappa shape index (κ1) is 13.5. The number of nitrogens with two attached hydrogens (primary N) is 2. The van der Waals surface area contributed by atoms with Crippen molar-refractivity contribution in [2.75, 3.05) is 5.32 Å². The van der Waals surface area contributed by atoms with Crippen LogP contribution in [0.5, 0.6) is 0 Å². The van der Waals surface area contributed by atoms with Crippen LogP contribution in [0.3, 0.4) is 0 Å². The minimum absolute atomic E-state index is 0.00809. The Morgan fingerprint density at radius 2 is 2.05 bits per heavy atom. The van der Waals surface area contributed by atoms with Gasteiger partial charge >= 0.3 is 0 Å². The summed E-state index contributed by atoms with van der Waals surface area (Å²) in [6.45, 7) is 0.00809. The Morgan fingerprint density at radius 1 is 1.37 bits per heavy atom. The number of hydrogen-bond acceptors (Lipinski definition) is 4. The van der Waals surface area contributed by atoms with Gasteiger partial charge in [0, 0.05) is 18.2 Å². The second-order valence-electron chi connectivity index (χ2n) is 4.99. The van der Waals surface area contributed by atoms with Crippen LogP contribution in [0.1, 0.15) is 25.7 Å². The number of primary amides is 1. The molecule has 1 aromatic rings. The predicted molar refractivity (Wildman–Crippen MR) is 70.0 cm³/mol. The third kappa shape index (κ3) is 3.78. The number of aromatic nitrogens is 2. The summed E-state index contributed by atoms with van der Waals surface area (Å²) >= 11 is 0. The molecule has 1 aliphatic carbocycles. The molecular weight excluding hydrogens is 246 g/mol. The van der Waals surface area contributed by atoms with Gasteiger partial charge in [-0.15, -0.1) is 0 Å². The van der Waals surface area contributed by atoms with E-state index < -0.39 is 5.91 Å². The van der Waals surface area contributed by atoms with Gasteiger partial charge in [-0.2, -0.15) is 5.10 Å². The van der Waals surface area contributed by atoms with Gasteiger partial charge in [-0.05, 0) is 25.7 Å². The summed E-state index contributed by atoms with van der Waals surface area (Å²) in [5, 5.41) is 6.75. The molecule has 1 aliphatic rings. The predicted octanol–water partition coefficient (Wildman–Crippen LogP) is -0.176. The third-order valence-corrected chi connectivity index (χ3v) is 3.36. The Bertz CT molecular complexity index is 462. The highest BCUT2D eigenvalue weighted by Gasteiger charge is 2.24. The summed E-state index contributed by atoms with van der Waals surface area (Å²) in [5.41, 5.74) is 11.5. The first-order valence-electron chi connectivity index (χ1n) is 6.42. The minimum Gasteiger partial charge on any atom is -0.368 e. The van der Waals surface area contributed by atoms with Crippen molar-refractivity contribution in [3.05, 3.63) is 12.4 Å². The van der Waals surface area contributed by atoms with E-state index in [4.69, 9.17) is 11.5 Å². The summed E-state index contributed by atoms with van der Waals surface area (Å²) < 4.78 is 1.40. The summed E-state index contributed by atoms with van der Waals surface area (Å²) in [6.07, 6.45) is 6.52. The van der Waals surface area contributed by atoms with Gasteiger partial charge in [0.25, 0.3) is 0 Å². The second-order valence-corrected chi connectivity index (χ2v) is 4.99. The number of hydrogen-bond donors (Lipinski definition) is 3. The molecule has 0 spiro atoms. The van der Waals surface area contributed by atoms with Crippen LogP contribution in [0.4, 0.5) is 5.69 Å². The summed E-state index contributed by atoms with van der Waals surface area (Å²) in [4.78, 5) is 22.8. The molecule has 7 nitrogen and oxygen atoms in total. The van der Waals surface area contributed by atoms with Crippen LogP contribution < -0.4 is 16.8 Å². The van der Waals surface area contributed by atoms with Gasteiger partial charge in [0.1, 0.15) is 6.54 Å². The Morgan fingerprint density at radius 3 is 2.68 bits per heavy atom. The molecule has 0 aliphatic heterocycles. The van der Waals surface area contributed by atoms with Crippen molar-refractivity contribution < 1.29 is 9.59 Å². The lowest BCUT2D eigenvalue weighted by molar-refractivity contribution is -0.121. The van der Waals surface area contributed by atoms with E-state index in [1.807, 2.05) is 0 Å². The van der Waals surface area contributed by atoms with Gasteiger partial charge in [0.2, 0.25) is 11.8 Å². The topological polar surface area (TPSA) is 116 Å². The molecule has 0 saturated heterocycles. The fourth-order valence-corrected chi connectivity index (χ4v) is 2.30. The van der Waals surface area contributed by atoms with Gasteiger partial charge in [-0.25, -0.2) is 0 Å². The van der Waals surface area contributed by atoms with Gasteiger partial charge in [0.15, 0.2) is 0 Å². The highest BCUT2D eigenvalue weighted by molar-refractivity contribution is 5.92. The van der Waals surface area contributed by atoms with Crippen molar-refractivity contribution in [3.63, 3.8) is 0 Å². The van der Waals surface area contributed by atoms with Crippen LogP contribution in [0.25, 0.3) is 0 Å². The molecule has 1 saturated carbocycles. The van der Waals surface area contributed by atoms with Crippen molar-refractivity contribution in [1.82, 2.24) is 9.78 Å². The molecule has 0 bridgehead atoms. The van der Waals surface area contributed by atoms with Gasteiger partial charge in [-0.3, -0.25) is 14.3 Å². The molecule has 104 valence electrons. The van der Waals surface area contributed by atoms with Crippen molar-refractivity contribution in [1.29, 1.82) is 0 Å². The van der Waals surface area contributed by atoms with Crippen LogP contribution >= 0.6 is 0 Å². The SMILES string of the molecule is NC(=O)Cn1cc(NC(=O)C2CCC(N)CC2)cn1. The zero-order chi connectivity index (χ0) is 13.8. The van der Waals surface area contributed by atoms with Crippen LogP contribution in [0, 0.1) is 5.92 Å². The normalized spacial score (nSPS) is 23.0. The van der Waals surface area contributed by atoms with Gasteiger partial charge < -0.3 is 16.8 Å². The molecule has 0 unspecified atom stereocenters. The van der Waals surface area contributed by atoms with Gasteiger partial charge in [0.05, 0.1) is 11.9 Å². The number of nitrogens with zero attached hydrogens (tertiary/aromatic N) is 2. The monoisotopic (exact) mass is 265 g/mol. The van der Waals surface area contributed by atoms with Crippen LogP contribution in [-0.2, 0) is 16.1 Å². The highest BCUT2D eigenvalue weighted by atomic mass is 16.2. The van der Waals surface area contributed by atoms with E-state index in [1.165, 1.54) is 10.9 Å². The molecule has 5 N–H and O–H groups in total. The number of amides is 2. The van der Waals surface area contributed by atoms with Gasteiger partial charge in [-0.1, -0.05) is 0 Å². The average Bonchev–Trinajstić information content (AvgIpc) is 2.76. The molecule has 19 heavy (non-hydrogen) atoms. The van der Waals surface area contributed by atoms with Crippen molar-refractivity contribution >= 4 is 17.5 Å². The van der Waals surface area contributed by atoms with E-state index in [1.54, 1.807) is 6.20 Å². The van der Waals surface area contributed by atoms with E-state index in [2.05, 4.69) is 10.4 Å². The minimum atomic E-state index is -0.470. The Hall–Kier alpha value is -1.89. The second kappa shape index (κ2) is 5.83.